The molecule has 1 aliphatic heterocycles. The van der Waals surface area contributed by atoms with Gasteiger partial charge >= 0.3 is 0 Å². The Morgan fingerprint density at radius 1 is 1.03 bits per heavy atom. The van der Waals surface area contributed by atoms with Crippen LogP contribution >= 0.6 is 23.2 Å². The van der Waals surface area contributed by atoms with Crippen LogP contribution in [0.1, 0.15) is 11.1 Å². The van der Waals surface area contributed by atoms with Gasteiger partial charge in [0.2, 0.25) is 10.0 Å². The van der Waals surface area contributed by atoms with Gasteiger partial charge in [-0.2, -0.15) is 4.31 Å². The zero-order valence-corrected chi connectivity index (χ0v) is 18.9. The molecule has 0 atom stereocenters. The van der Waals surface area contributed by atoms with Crippen LogP contribution in [0.25, 0.3) is 0 Å². The van der Waals surface area contributed by atoms with Gasteiger partial charge in [-0.25, -0.2) is 16.8 Å². The van der Waals surface area contributed by atoms with Crippen LogP contribution in [0, 0.1) is 13.8 Å². The van der Waals surface area contributed by atoms with Crippen molar-refractivity contribution in [2.45, 2.75) is 23.6 Å². The highest BCUT2D eigenvalue weighted by atomic mass is 35.5. The van der Waals surface area contributed by atoms with E-state index in [-0.39, 0.29) is 38.6 Å². The van der Waals surface area contributed by atoms with Crippen molar-refractivity contribution in [2.24, 2.45) is 0 Å². The topological polar surface area (TPSA) is 92.8 Å². The van der Waals surface area contributed by atoms with E-state index in [9.17, 15) is 16.8 Å². The summed E-state index contributed by atoms with van der Waals surface area (Å²) in [5.41, 5.74) is 0.936. The predicted molar refractivity (Wildman–Crippen MR) is 113 cm³/mol. The summed E-state index contributed by atoms with van der Waals surface area (Å²) in [5, 5.41) is 0.340. The number of morpholine rings is 1. The van der Waals surface area contributed by atoms with Crippen molar-refractivity contribution in [2.75, 3.05) is 31.0 Å². The second-order valence-electron chi connectivity index (χ2n) is 6.59. The molecule has 11 heteroatoms. The zero-order valence-electron chi connectivity index (χ0n) is 15.8. The average Bonchev–Trinajstić information content (AvgIpc) is 2.67. The van der Waals surface area contributed by atoms with Crippen LogP contribution in [0.15, 0.2) is 40.1 Å². The molecule has 0 aromatic heterocycles. The normalized spacial score (nSPS) is 16.0. The molecular weight excluding hydrogens is 459 g/mol. The molecule has 29 heavy (non-hydrogen) atoms. The molecule has 0 radical (unpaired) electrons. The molecule has 2 aromatic rings. The molecule has 158 valence electrons. The Kier molecular flexibility index (Phi) is 6.47. The summed E-state index contributed by atoms with van der Waals surface area (Å²) in [6.07, 6.45) is 0. The number of ether oxygens (including phenoxy) is 1. The van der Waals surface area contributed by atoms with E-state index in [1.807, 2.05) is 0 Å². The van der Waals surface area contributed by atoms with Crippen LogP contribution in [0.2, 0.25) is 10.0 Å². The summed E-state index contributed by atoms with van der Waals surface area (Å²) in [4.78, 5) is -0.143. The highest BCUT2D eigenvalue weighted by Crippen LogP contribution is 2.34. The molecule has 0 aliphatic carbocycles. The number of aryl methyl sites for hydroxylation is 1. The number of nitrogens with zero attached hydrogens (tertiary/aromatic N) is 1. The molecule has 1 N–H and O–H groups in total. The standard InChI is InChI=1S/C18H20Cl2N2O5S2/c1-12-10-16(19)13(2)18(17(12)20)28(23,24)21-14-4-3-5-15(11-14)29(25,26)22-6-8-27-9-7-22/h3-5,10-11,21H,6-9H2,1-2H3. The van der Waals surface area contributed by atoms with E-state index in [1.54, 1.807) is 19.9 Å². The van der Waals surface area contributed by atoms with E-state index >= 15 is 0 Å². The number of hydrogen-bond donors (Lipinski definition) is 1. The van der Waals surface area contributed by atoms with E-state index in [4.69, 9.17) is 27.9 Å². The molecule has 1 fully saturated rings. The lowest BCUT2D eigenvalue weighted by atomic mass is 10.2. The fraction of sp³-hybridized carbons (Fsp3) is 0.333. The number of nitrogens with one attached hydrogen (secondary N) is 1. The molecule has 1 heterocycles. The maximum Gasteiger partial charge on any atom is 0.263 e. The summed E-state index contributed by atoms with van der Waals surface area (Å²) < 4.78 is 60.5. The second-order valence-corrected chi connectivity index (χ2v) is 10.9. The number of anilines is 1. The van der Waals surface area contributed by atoms with Crippen LogP contribution in [-0.4, -0.2) is 47.4 Å². The Morgan fingerprint density at radius 3 is 2.34 bits per heavy atom. The molecule has 0 unspecified atom stereocenters. The minimum atomic E-state index is -4.10. The maximum atomic E-state index is 13.0. The first-order valence-corrected chi connectivity index (χ1v) is 12.4. The van der Waals surface area contributed by atoms with Crippen molar-refractivity contribution in [1.82, 2.24) is 4.31 Å². The molecule has 0 bridgehead atoms. The minimum Gasteiger partial charge on any atom is -0.379 e. The molecule has 1 aliphatic rings. The van der Waals surface area contributed by atoms with Gasteiger partial charge in [0.05, 0.1) is 28.8 Å². The van der Waals surface area contributed by atoms with Crippen molar-refractivity contribution >= 4 is 48.9 Å². The number of sulfonamides is 2. The van der Waals surface area contributed by atoms with Crippen LogP contribution in [0.5, 0.6) is 0 Å². The van der Waals surface area contributed by atoms with Crippen LogP contribution < -0.4 is 4.72 Å². The van der Waals surface area contributed by atoms with Crippen LogP contribution in [0.3, 0.4) is 0 Å². The smallest absolute Gasteiger partial charge is 0.263 e. The first-order valence-electron chi connectivity index (χ1n) is 8.70. The van der Waals surface area contributed by atoms with Gasteiger partial charge in [0.25, 0.3) is 10.0 Å². The van der Waals surface area contributed by atoms with Crippen molar-refractivity contribution in [1.29, 1.82) is 0 Å². The summed E-state index contributed by atoms with van der Waals surface area (Å²) in [6.45, 7) is 4.34. The molecule has 0 amide bonds. The highest BCUT2D eigenvalue weighted by Gasteiger charge is 2.28. The highest BCUT2D eigenvalue weighted by molar-refractivity contribution is 7.93. The van der Waals surface area contributed by atoms with E-state index in [0.29, 0.717) is 24.3 Å². The van der Waals surface area contributed by atoms with Gasteiger partial charge in [-0.15, -0.1) is 0 Å². The molecule has 3 rings (SSSR count). The lowest BCUT2D eigenvalue weighted by Crippen LogP contribution is -2.40. The lowest BCUT2D eigenvalue weighted by Gasteiger charge is -2.26. The number of halogens is 2. The third-order valence-electron chi connectivity index (χ3n) is 4.55. The van der Waals surface area contributed by atoms with Crippen LogP contribution in [0.4, 0.5) is 5.69 Å². The predicted octanol–water partition coefficient (Wildman–Crippen LogP) is 3.43. The fourth-order valence-electron chi connectivity index (χ4n) is 3.00. The van der Waals surface area contributed by atoms with Gasteiger partial charge in [0.1, 0.15) is 4.90 Å². The van der Waals surface area contributed by atoms with Gasteiger partial charge in [-0.3, -0.25) is 4.72 Å². The monoisotopic (exact) mass is 478 g/mol. The molecule has 7 nitrogen and oxygen atoms in total. The van der Waals surface area contributed by atoms with Gasteiger partial charge < -0.3 is 4.74 Å². The van der Waals surface area contributed by atoms with Crippen molar-refractivity contribution < 1.29 is 21.6 Å². The molecular formula is C18H20Cl2N2O5S2. The minimum absolute atomic E-state index is 0.00954. The zero-order chi connectivity index (χ0) is 21.4. The Morgan fingerprint density at radius 2 is 1.69 bits per heavy atom. The third kappa shape index (κ3) is 4.55. The number of rotatable bonds is 5. The van der Waals surface area contributed by atoms with E-state index in [1.165, 1.54) is 28.6 Å². The Hall–Kier alpha value is -1.36. The van der Waals surface area contributed by atoms with Crippen molar-refractivity contribution in [3.05, 3.63) is 51.5 Å². The molecule has 1 saturated heterocycles. The largest absolute Gasteiger partial charge is 0.379 e. The molecule has 0 spiro atoms. The summed E-state index contributed by atoms with van der Waals surface area (Å²) in [7, 11) is -7.86. The second kappa shape index (κ2) is 8.41. The Bertz CT molecular complexity index is 1120. The summed E-state index contributed by atoms with van der Waals surface area (Å²) >= 11 is 12.4. The van der Waals surface area contributed by atoms with Crippen LogP contribution in [-0.2, 0) is 24.8 Å². The average molecular weight is 479 g/mol. The quantitative estimate of drug-likeness (QED) is 0.710. The van der Waals surface area contributed by atoms with E-state index in [2.05, 4.69) is 4.72 Å². The summed E-state index contributed by atoms with van der Waals surface area (Å²) in [5.74, 6) is 0. The number of hydrogen-bond acceptors (Lipinski definition) is 5. The van der Waals surface area contributed by atoms with Gasteiger partial charge in [0, 0.05) is 18.1 Å². The number of benzene rings is 2. The Labute approximate surface area is 180 Å². The van der Waals surface area contributed by atoms with Gasteiger partial charge in [-0.05, 0) is 49.2 Å². The van der Waals surface area contributed by atoms with E-state index < -0.39 is 20.0 Å². The fourth-order valence-corrected chi connectivity index (χ4v) is 6.71. The SMILES string of the molecule is Cc1cc(Cl)c(C)c(S(=O)(=O)Nc2cccc(S(=O)(=O)N3CCOCC3)c2)c1Cl. The molecule has 0 saturated carbocycles. The van der Waals surface area contributed by atoms with Gasteiger partial charge in [-0.1, -0.05) is 29.3 Å². The third-order valence-corrected chi connectivity index (χ3v) is 8.99. The van der Waals surface area contributed by atoms with Crippen molar-refractivity contribution in [3.8, 4) is 0 Å². The van der Waals surface area contributed by atoms with Crippen molar-refractivity contribution in [3.63, 3.8) is 0 Å². The first kappa shape index (κ1) is 22.3. The Balaban J connectivity index is 1.97. The molecule has 2 aromatic carbocycles. The maximum absolute atomic E-state index is 13.0. The van der Waals surface area contributed by atoms with Gasteiger partial charge in [0.15, 0.2) is 0 Å². The first-order chi connectivity index (χ1) is 13.5. The summed E-state index contributed by atoms with van der Waals surface area (Å²) in [6, 6.07) is 7.24. The van der Waals surface area contributed by atoms with E-state index in [0.717, 1.165) is 0 Å². The lowest BCUT2D eigenvalue weighted by molar-refractivity contribution is 0.0730.